The predicted octanol–water partition coefficient (Wildman–Crippen LogP) is 2.08. The maximum atomic E-state index is 10.8. The number of hydrogen-bond acceptors (Lipinski definition) is 1. The van der Waals surface area contributed by atoms with Gasteiger partial charge < -0.3 is 4.57 Å². The standard InChI is InChI=1S/C9H10ClNO/c1-2-3-5-11-6-4-8(12)7-9(11)10/h2,4,6-7H,1,3,5H2. The third-order valence-corrected chi connectivity index (χ3v) is 1.85. The first kappa shape index (κ1) is 9.07. The molecule has 64 valence electrons. The Bertz CT molecular complexity index is 330. The van der Waals surface area contributed by atoms with Gasteiger partial charge >= 0.3 is 0 Å². The Morgan fingerprint density at radius 3 is 3.00 bits per heavy atom. The average molecular weight is 184 g/mol. The van der Waals surface area contributed by atoms with Crippen molar-refractivity contribution in [2.24, 2.45) is 0 Å². The van der Waals surface area contributed by atoms with E-state index in [0.717, 1.165) is 13.0 Å². The van der Waals surface area contributed by atoms with E-state index in [1.165, 1.54) is 12.1 Å². The van der Waals surface area contributed by atoms with Gasteiger partial charge in [-0.2, -0.15) is 0 Å². The van der Waals surface area contributed by atoms with Gasteiger partial charge in [0, 0.05) is 24.9 Å². The molecule has 1 aromatic heterocycles. The lowest BCUT2D eigenvalue weighted by molar-refractivity contribution is 0.705. The van der Waals surface area contributed by atoms with Crippen LogP contribution in [0.2, 0.25) is 5.15 Å². The summed E-state index contributed by atoms with van der Waals surface area (Å²) in [5.74, 6) is 0. The molecule has 1 aromatic rings. The van der Waals surface area contributed by atoms with E-state index in [1.54, 1.807) is 6.20 Å². The predicted molar refractivity (Wildman–Crippen MR) is 50.5 cm³/mol. The molecule has 0 fully saturated rings. The fourth-order valence-corrected chi connectivity index (χ4v) is 1.14. The van der Waals surface area contributed by atoms with E-state index < -0.39 is 0 Å². The zero-order chi connectivity index (χ0) is 8.97. The van der Waals surface area contributed by atoms with E-state index in [9.17, 15) is 4.79 Å². The summed E-state index contributed by atoms with van der Waals surface area (Å²) in [6.45, 7) is 4.37. The van der Waals surface area contributed by atoms with Gasteiger partial charge in [0.1, 0.15) is 5.15 Å². The van der Waals surface area contributed by atoms with Crippen LogP contribution in [0.5, 0.6) is 0 Å². The van der Waals surface area contributed by atoms with Gasteiger partial charge in [-0.3, -0.25) is 4.79 Å². The summed E-state index contributed by atoms with van der Waals surface area (Å²) in [5, 5.41) is 0.476. The van der Waals surface area contributed by atoms with E-state index in [-0.39, 0.29) is 5.43 Å². The second kappa shape index (κ2) is 4.12. The van der Waals surface area contributed by atoms with Gasteiger partial charge in [0.15, 0.2) is 5.43 Å². The van der Waals surface area contributed by atoms with Crippen molar-refractivity contribution >= 4 is 11.6 Å². The van der Waals surface area contributed by atoms with Crippen LogP contribution in [0.4, 0.5) is 0 Å². The van der Waals surface area contributed by atoms with Gasteiger partial charge in [-0.05, 0) is 6.42 Å². The van der Waals surface area contributed by atoms with Crippen molar-refractivity contribution in [3.8, 4) is 0 Å². The van der Waals surface area contributed by atoms with Gasteiger partial charge in [-0.1, -0.05) is 17.7 Å². The Morgan fingerprint density at radius 2 is 2.42 bits per heavy atom. The molecule has 0 radical (unpaired) electrons. The minimum Gasteiger partial charge on any atom is -0.338 e. The van der Waals surface area contributed by atoms with Crippen LogP contribution in [0, 0.1) is 0 Å². The van der Waals surface area contributed by atoms with E-state index in [2.05, 4.69) is 6.58 Å². The fourth-order valence-electron chi connectivity index (χ4n) is 0.895. The first-order valence-electron chi connectivity index (χ1n) is 3.71. The molecule has 0 spiro atoms. The second-order valence-corrected chi connectivity index (χ2v) is 2.84. The summed E-state index contributed by atoms with van der Waals surface area (Å²) in [7, 11) is 0. The van der Waals surface area contributed by atoms with Crippen LogP contribution in [0.15, 0.2) is 35.8 Å². The lowest BCUT2D eigenvalue weighted by atomic mass is 10.4. The number of aromatic nitrogens is 1. The first-order chi connectivity index (χ1) is 5.74. The lowest BCUT2D eigenvalue weighted by Crippen LogP contribution is -2.05. The van der Waals surface area contributed by atoms with Crippen LogP contribution in [0.1, 0.15) is 6.42 Å². The normalized spacial score (nSPS) is 9.75. The summed E-state index contributed by atoms with van der Waals surface area (Å²) >= 11 is 5.79. The number of hydrogen-bond donors (Lipinski definition) is 0. The van der Waals surface area contributed by atoms with Crippen molar-refractivity contribution in [1.82, 2.24) is 4.57 Å². The monoisotopic (exact) mass is 183 g/mol. The fraction of sp³-hybridized carbons (Fsp3) is 0.222. The Morgan fingerprint density at radius 1 is 1.67 bits per heavy atom. The Labute approximate surface area is 76.1 Å². The summed E-state index contributed by atoms with van der Waals surface area (Å²) < 4.78 is 1.81. The zero-order valence-electron chi connectivity index (χ0n) is 6.66. The Balaban J connectivity index is 2.86. The molecular formula is C9H10ClNO. The van der Waals surface area contributed by atoms with Gasteiger partial charge in [-0.15, -0.1) is 6.58 Å². The minimum atomic E-state index is -0.0603. The largest absolute Gasteiger partial charge is 0.338 e. The van der Waals surface area contributed by atoms with Crippen LogP contribution >= 0.6 is 11.6 Å². The van der Waals surface area contributed by atoms with Crippen molar-refractivity contribution in [2.45, 2.75) is 13.0 Å². The molecule has 1 heterocycles. The third kappa shape index (κ3) is 2.24. The molecule has 0 aromatic carbocycles. The molecule has 0 N–H and O–H groups in total. The second-order valence-electron chi connectivity index (χ2n) is 2.46. The van der Waals surface area contributed by atoms with E-state index in [1.807, 2.05) is 10.6 Å². The van der Waals surface area contributed by atoms with Gasteiger partial charge in [-0.25, -0.2) is 0 Å². The smallest absolute Gasteiger partial charge is 0.183 e. The molecule has 1 rings (SSSR count). The van der Waals surface area contributed by atoms with Crippen LogP contribution in [0.25, 0.3) is 0 Å². The van der Waals surface area contributed by atoms with Gasteiger partial charge in [0.25, 0.3) is 0 Å². The molecule has 0 aliphatic heterocycles. The van der Waals surface area contributed by atoms with E-state index in [0.29, 0.717) is 5.15 Å². The highest BCUT2D eigenvalue weighted by molar-refractivity contribution is 6.29. The molecule has 0 bridgehead atoms. The number of allylic oxidation sites excluding steroid dienone is 1. The Kier molecular flexibility index (Phi) is 3.11. The van der Waals surface area contributed by atoms with Crippen molar-refractivity contribution in [2.75, 3.05) is 0 Å². The van der Waals surface area contributed by atoms with Gasteiger partial charge in [0.05, 0.1) is 0 Å². The highest BCUT2D eigenvalue weighted by Gasteiger charge is 1.95. The molecule has 0 unspecified atom stereocenters. The van der Waals surface area contributed by atoms with E-state index >= 15 is 0 Å². The van der Waals surface area contributed by atoms with Crippen LogP contribution in [-0.4, -0.2) is 4.57 Å². The van der Waals surface area contributed by atoms with Crippen molar-refractivity contribution in [1.29, 1.82) is 0 Å². The molecule has 3 heteroatoms. The molecule has 0 aliphatic rings. The molecule has 0 saturated heterocycles. The van der Waals surface area contributed by atoms with Gasteiger partial charge in [0.2, 0.25) is 0 Å². The summed E-state index contributed by atoms with van der Waals surface area (Å²) in [5.41, 5.74) is -0.0603. The SMILES string of the molecule is C=CCCn1ccc(=O)cc1Cl. The maximum Gasteiger partial charge on any atom is 0.183 e. The molecular weight excluding hydrogens is 174 g/mol. The number of nitrogens with zero attached hydrogens (tertiary/aromatic N) is 1. The first-order valence-corrected chi connectivity index (χ1v) is 4.08. The molecule has 0 aliphatic carbocycles. The van der Waals surface area contributed by atoms with Crippen LogP contribution in [0.3, 0.4) is 0 Å². The topological polar surface area (TPSA) is 22.0 Å². The average Bonchev–Trinajstić information content (AvgIpc) is 2.03. The van der Waals surface area contributed by atoms with Crippen molar-refractivity contribution in [3.63, 3.8) is 0 Å². The van der Waals surface area contributed by atoms with Crippen molar-refractivity contribution < 1.29 is 0 Å². The number of halogens is 1. The molecule has 0 saturated carbocycles. The lowest BCUT2D eigenvalue weighted by Gasteiger charge is -2.05. The van der Waals surface area contributed by atoms with Crippen LogP contribution < -0.4 is 5.43 Å². The number of rotatable bonds is 3. The summed E-state index contributed by atoms with van der Waals surface area (Å²) in [6, 6.07) is 2.90. The zero-order valence-corrected chi connectivity index (χ0v) is 7.42. The maximum absolute atomic E-state index is 10.8. The molecule has 0 amide bonds. The number of aryl methyl sites for hydroxylation is 1. The molecule has 2 nitrogen and oxygen atoms in total. The Hall–Kier alpha value is -1.02. The molecule has 12 heavy (non-hydrogen) atoms. The number of pyridine rings is 1. The van der Waals surface area contributed by atoms with Crippen LogP contribution in [-0.2, 0) is 6.54 Å². The van der Waals surface area contributed by atoms with Crippen molar-refractivity contribution in [3.05, 3.63) is 46.4 Å². The summed E-state index contributed by atoms with van der Waals surface area (Å²) in [4.78, 5) is 10.8. The highest BCUT2D eigenvalue weighted by Crippen LogP contribution is 2.05. The highest BCUT2D eigenvalue weighted by atomic mass is 35.5. The quantitative estimate of drug-likeness (QED) is 0.520. The minimum absolute atomic E-state index is 0.0603. The summed E-state index contributed by atoms with van der Waals surface area (Å²) in [6.07, 6.45) is 4.35. The molecule has 0 atom stereocenters. The third-order valence-electron chi connectivity index (χ3n) is 1.53. The van der Waals surface area contributed by atoms with E-state index in [4.69, 9.17) is 11.6 Å².